The SMILES string of the molecule is CC1CCN(C(=O)NCC(C(=O)O)c2ccccc2)CC1. The fourth-order valence-electron chi connectivity index (χ4n) is 2.55. The number of nitrogens with one attached hydrogen (secondary N) is 1. The van der Waals surface area contributed by atoms with E-state index in [0.29, 0.717) is 11.5 Å². The molecule has 0 bridgehead atoms. The number of carboxylic acid groups (broad SMARTS) is 1. The normalized spacial score (nSPS) is 17.3. The highest BCUT2D eigenvalue weighted by Crippen LogP contribution is 2.17. The van der Waals surface area contributed by atoms with Gasteiger partial charge in [0.25, 0.3) is 0 Å². The summed E-state index contributed by atoms with van der Waals surface area (Å²) in [5.41, 5.74) is 0.706. The van der Waals surface area contributed by atoms with Crippen molar-refractivity contribution in [1.82, 2.24) is 10.2 Å². The van der Waals surface area contributed by atoms with Crippen LogP contribution in [0.2, 0.25) is 0 Å². The van der Waals surface area contributed by atoms with Gasteiger partial charge < -0.3 is 15.3 Å². The predicted molar refractivity (Wildman–Crippen MR) is 80.2 cm³/mol. The van der Waals surface area contributed by atoms with Gasteiger partial charge in [-0.3, -0.25) is 4.79 Å². The first-order valence-electron chi connectivity index (χ1n) is 7.38. The zero-order valence-corrected chi connectivity index (χ0v) is 12.3. The number of carboxylic acids is 1. The molecule has 1 aromatic rings. The Bertz CT molecular complexity index is 482. The quantitative estimate of drug-likeness (QED) is 0.894. The van der Waals surface area contributed by atoms with Gasteiger partial charge in [-0.1, -0.05) is 37.3 Å². The number of nitrogens with zero attached hydrogens (tertiary/aromatic N) is 1. The molecule has 0 aromatic heterocycles. The number of urea groups is 1. The van der Waals surface area contributed by atoms with Crippen molar-refractivity contribution in [3.63, 3.8) is 0 Å². The van der Waals surface area contributed by atoms with E-state index in [9.17, 15) is 14.7 Å². The molecule has 5 heteroatoms. The van der Waals surface area contributed by atoms with Gasteiger partial charge in [-0.05, 0) is 24.3 Å². The number of carbonyl (C=O) groups is 2. The van der Waals surface area contributed by atoms with E-state index in [1.165, 1.54) is 0 Å². The molecule has 1 aromatic carbocycles. The molecule has 1 heterocycles. The van der Waals surface area contributed by atoms with Crippen LogP contribution in [0, 0.1) is 5.92 Å². The van der Waals surface area contributed by atoms with Gasteiger partial charge in [-0.2, -0.15) is 0 Å². The number of rotatable bonds is 4. The second-order valence-corrected chi connectivity index (χ2v) is 5.66. The standard InChI is InChI=1S/C16H22N2O3/c1-12-7-9-18(10-8-12)16(21)17-11-14(15(19)20)13-5-3-2-4-6-13/h2-6,12,14H,7-11H2,1H3,(H,17,21)(H,19,20). The Kier molecular flexibility index (Phi) is 5.20. The van der Waals surface area contributed by atoms with Crippen LogP contribution in [-0.4, -0.2) is 41.6 Å². The zero-order chi connectivity index (χ0) is 15.2. The summed E-state index contributed by atoms with van der Waals surface area (Å²) in [7, 11) is 0. The van der Waals surface area contributed by atoms with Crippen molar-refractivity contribution in [1.29, 1.82) is 0 Å². The van der Waals surface area contributed by atoms with Gasteiger partial charge in [-0.15, -0.1) is 0 Å². The van der Waals surface area contributed by atoms with Gasteiger partial charge in [0.15, 0.2) is 0 Å². The minimum absolute atomic E-state index is 0.115. The molecule has 5 nitrogen and oxygen atoms in total. The molecule has 0 saturated carbocycles. The lowest BCUT2D eigenvalue weighted by Crippen LogP contribution is -2.45. The Labute approximate surface area is 125 Å². The molecule has 0 spiro atoms. The molecule has 1 atom stereocenters. The van der Waals surface area contributed by atoms with Gasteiger partial charge >= 0.3 is 12.0 Å². The van der Waals surface area contributed by atoms with Crippen molar-refractivity contribution in [3.8, 4) is 0 Å². The number of piperidine rings is 1. The monoisotopic (exact) mass is 290 g/mol. The van der Waals surface area contributed by atoms with Crippen molar-refractivity contribution in [3.05, 3.63) is 35.9 Å². The molecular weight excluding hydrogens is 268 g/mol. The number of amides is 2. The average molecular weight is 290 g/mol. The molecule has 114 valence electrons. The molecule has 0 radical (unpaired) electrons. The largest absolute Gasteiger partial charge is 0.481 e. The lowest BCUT2D eigenvalue weighted by atomic mass is 9.99. The molecule has 2 N–H and O–H groups in total. The topological polar surface area (TPSA) is 69.6 Å². The van der Waals surface area contributed by atoms with E-state index in [1.54, 1.807) is 29.2 Å². The molecular formula is C16H22N2O3. The van der Waals surface area contributed by atoms with E-state index >= 15 is 0 Å². The van der Waals surface area contributed by atoms with Crippen LogP contribution in [-0.2, 0) is 4.79 Å². The van der Waals surface area contributed by atoms with E-state index in [2.05, 4.69) is 12.2 Å². The first-order chi connectivity index (χ1) is 10.1. The van der Waals surface area contributed by atoms with E-state index < -0.39 is 11.9 Å². The Morgan fingerprint density at radius 2 is 1.90 bits per heavy atom. The van der Waals surface area contributed by atoms with Crippen molar-refractivity contribution in [2.75, 3.05) is 19.6 Å². The fourth-order valence-corrected chi connectivity index (χ4v) is 2.55. The molecule has 2 rings (SSSR count). The minimum Gasteiger partial charge on any atom is -0.481 e. The number of carbonyl (C=O) groups excluding carboxylic acids is 1. The highest BCUT2D eigenvalue weighted by molar-refractivity contribution is 5.79. The predicted octanol–water partition coefficient (Wildman–Crippen LogP) is 2.30. The highest BCUT2D eigenvalue weighted by Gasteiger charge is 2.24. The van der Waals surface area contributed by atoms with Gasteiger partial charge in [0.2, 0.25) is 0 Å². The zero-order valence-electron chi connectivity index (χ0n) is 12.3. The van der Waals surface area contributed by atoms with Crippen molar-refractivity contribution in [2.45, 2.75) is 25.7 Å². The summed E-state index contributed by atoms with van der Waals surface area (Å²) >= 11 is 0. The first kappa shape index (κ1) is 15.4. The molecule has 2 amide bonds. The molecule has 21 heavy (non-hydrogen) atoms. The number of hydrogen-bond acceptors (Lipinski definition) is 2. The molecule has 1 saturated heterocycles. The third-order valence-electron chi connectivity index (χ3n) is 4.03. The number of hydrogen-bond donors (Lipinski definition) is 2. The lowest BCUT2D eigenvalue weighted by Gasteiger charge is -2.30. The maximum atomic E-state index is 12.1. The van der Waals surface area contributed by atoms with Gasteiger partial charge in [0.1, 0.15) is 0 Å². The minimum atomic E-state index is -0.922. The van der Waals surface area contributed by atoms with Crippen LogP contribution in [0.5, 0.6) is 0 Å². The summed E-state index contributed by atoms with van der Waals surface area (Å²) in [5, 5.41) is 12.1. The van der Waals surface area contributed by atoms with Crippen molar-refractivity contribution >= 4 is 12.0 Å². The van der Waals surface area contributed by atoms with E-state index in [0.717, 1.165) is 25.9 Å². The molecule has 0 aliphatic carbocycles. The van der Waals surface area contributed by atoms with E-state index in [-0.39, 0.29) is 12.6 Å². The maximum absolute atomic E-state index is 12.1. The molecule has 1 aliphatic rings. The lowest BCUT2D eigenvalue weighted by molar-refractivity contribution is -0.138. The van der Waals surface area contributed by atoms with Crippen LogP contribution < -0.4 is 5.32 Å². The molecule has 1 fully saturated rings. The summed E-state index contributed by atoms with van der Waals surface area (Å²) in [5.74, 6) is -0.974. The second-order valence-electron chi connectivity index (χ2n) is 5.66. The van der Waals surface area contributed by atoms with Crippen LogP contribution in [0.25, 0.3) is 0 Å². The fraction of sp³-hybridized carbons (Fsp3) is 0.500. The number of likely N-dealkylation sites (tertiary alicyclic amines) is 1. The summed E-state index contributed by atoms with van der Waals surface area (Å²) < 4.78 is 0. The average Bonchev–Trinajstić information content (AvgIpc) is 2.48. The Balaban J connectivity index is 1.90. The first-order valence-corrected chi connectivity index (χ1v) is 7.38. The van der Waals surface area contributed by atoms with Gasteiger partial charge in [0, 0.05) is 19.6 Å². The molecule has 1 unspecified atom stereocenters. The Hall–Kier alpha value is -2.04. The van der Waals surface area contributed by atoms with E-state index in [4.69, 9.17) is 0 Å². The van der Waals surface area contributed by atoms with Gasteiger partial charge in [-0.25, -0.2) is 4.79 Å². The van der Waals surface area contributed by atoms with Crippen LogP contribution in [0.1, 0.15) is 31.2 Å². The summed E-state index contributed by atoms with van der Waals surface area (Å²) in [6.45, 7) is 3.79. The summed E-state index contributed by atoms with van der Waals surface area (Å²) in [4.78, 5) is 25.2. The van der Waals surface area contributed by atoms with Crippen LogP contribution >= 0.6 is 0 Å². The van der Waals surface area contributed by atoms with Crippen LogP contribution in [0.15, 0.2) is 30.3 Å². The Morgan fingerprint density at radius 1 is 1.29 bits per heavy atom. The molecule has 1 aliphatic heterocycles. The smallest absolute Gasteiger partial charge is 0.317 e. The number of aliphatic carboxylic acids is 1. The van der Waals surface area contributed by atoms with Crippen molar-refractivity contribution < 1.29 is 14.7 Å². The highest BCUT2D eigenvalue weighted by atomic mass is 16.4. The van der Waals surface area contributed by atoms with Crippen LogP contribution in [0.4, 0.5) is 4.79 Å². The third kappa shape index (κ3) is 4.21. The third-order valence-corrected chi connectivity index (χ3v) is 4.03. The maximum Gasteiger partial charge on any atom is 0.317 e. The van der Waals surface area contributed by atoms with Crippen LogP contribution in [0.3, 0.4) is 0 Å². The number of benzene rings is 1. The second kappa shape index (κ2) is 7.11. The van der Waals surface area contributed by atoms with Crippen molar-refractivity contribution in [2.24, 2.45) is 5.92 Å². The summed E-state index contributed by atoms with van der Waals surface area (Å²) in [6, 6.07) is 8.83. The van der Waals surface area contributed by atoms with Gasteiger partial charge in [0.05, 0.1) is 5.92 Å². The summed E-state index contributed by atoms with van der Waals surface area (Å²) in [6.07, 6.45) is 2.02. The Morgan fingerprint density at radius 3 is 2.48 bits per heavy atom. The van der Waals surface area contributed by atoms with E-state index in [1.807, 2.05) is 6.07 Å².